The Labute approximate surface area is 150 Å². The summed E-state index contributed by atoms with van der Waals surface area (Å²) in [6.07, 6.45) is 2.66. The highest BCUT2D eigenvalue weighted by Crippen LogP contribution is 2.39. The molecule has 0 aromatic heterocycles. The first-order chi connectivity index (χ1) is 12.5. The lowest BCUT2D eigenvalue weighted by Crippen LogP contribution is -2.36. The van der Waals surface area contributed by atoms with Gasteiger partial charge in [0.05, 0.1) is 6.42 Å². The van der Waals surface area contributed by atoms with Crippen molar-refractivity contribution in [3.63, 3.8) is 0 Å². The number of aryl methyl sites for hydroxylation is 1. The van der Waals surface area contributed by atoms with Gasteiger partial charge in [-0.1, -0.05) is 29.8 Å². The Morgan fingerprint density at radius 1 is 1.23 bits per heavy atom. The van der Waals surface area contributed by atoms with Crippen LogP contribution in [0.15, 0.2) is 42.5 Å². The molecule has 0 aliphatic carbocycles. The molecule has 132 valence electrons. The molecular weight excluding hydrogens is 334 g/mol. The number of ether oxygens (including phenoxy) is 2. The number of benzene rings is 2. The lowest BCUT2D eigenvalue weighted by atomic mass is 9.89. The molecular formula is C20H17NO5. The van der Waals surface area contributed by atoms with Gasteiger partial charge in [0.2, 0.25) is 6.79 Å². The number of amides is 1. The normalized spacial score (nSPS) is 20.3. The van der Waals surface area contributed by atoms with Gasteiger partial charge < -0.3 is 19.9 Å². The maximum atomic E-state index is 12.4. The topological polar surface area (TPSA) is 84.9 Å². The molecule has 2 heterocycles. The Kier molecular flexibility index (Phi) is 3.77. The molecule has 2 aromatic rings. The minimum Gasteiger partial charge on any atom is -0.454 e. The first-order valence-corrected chi connectivity index (χ1v) is 8.21. The van der Waals surface area contributed by atoms with Crippen LogP contribution in [0.4, 0.5) is 5.69 Å². The number of aliphatic hydroxyl groups is 1. The molecule has 2 aromatic carbocycles. The summed E-state index contributed by atoms with van der Waals surface area (Å²) in [6.45, 7) is 2.05. The van der Waals surface area contributed by atoms with Crippen molar-refractivity contribution in [3.05, 3.63) is 59.2 Å². The van der Waals surface area contributed by atoms with Crippen molar-refractivity contribution in [1.29, 1.82) is 0 Å². The Hall–Kier alpha value is -3.12. The molecule has 0 radical (unpaired) electrons. The minimum atomic E-state index is -1.85. The first-order valence-electron chi connectivity index (χ1n) is 8.21. The summed E-state index contributed by atoms with van der Waals surface area (Å²) >= 11 is 0. The van der Waals surface area contributed by atoms with Crippen molar-refractivity contribution in [1.82, 2.24) is 0 Å². The van der Waals surface area contributed by atoms with Crippen LogP contribution in [0.1, 0.15) is 23.1 Å². The van der Waals surface area contributed by atoms with Gasteiger partial charge in [-0.25, -0.2) is 0 Å². The number of carbonyl (C=O) groups excluding carboxylic acids is 2. The fourth-order valence-electron chi connectivity index (χ4n) is 3.15. The highest BCUT2D eigenvalue weighted by Gasteiger charge is 2.46. The van der Waals surface area contributed by atoms with Crippen molar-refractivity contribution in [3.8, 4) is 11.5 Å². The van der Waals surface area contributed by atoms with Crippen molar-refractivity contribution in [2.24, 2.45) is 0 Å². The third-order valence-corrected chi connectivity index (χ3v) is 4.53. The van der Waals surface area contributed by atoms with E-state index in [2.05, 4.69) is 5.32 Å². The van der Waals surface area contributed by atoms with Crippen molar-refractivity contribution < 1.29 is 24.2 Å². The Morgan fingerprint density at radius 2 is 2.04 bits per heavy atom. The monoisotopic (exact) mass is 351 g/mol. The molecule has 6 heteroatoms. The van der Waals surface area contributed by atoms with Crippen LogP contribution in [0.3, 0.4) is 0 Å². The van der Waals surface area contributed by atoms with Gasteiger partial charge in [0, 0.05) is 11.3 Å². The van der Waals surface area contributed by atoms with E-state index in [0.717, 1.165) is 11.1 Å². The lowest BCUT2D eigenvalue weighted by Gasteiger charge is -2.19. The third-order valence-electron chi connectivity index (χ3n) is 4.53. The van der Waals surface area contributed by atoms with E-state index in [4.69, 9.17) is 9.47 Å². The molecule has 0 bridgehead atoms. The molecule has 26 heavy (non-hydrogen) atoms. The fraction of sp³-hybridized carbons (Fsp3) is 0.200. The van der Waals surface area contributed by atoms with Gasteiger partial charge in [-0.2, -0.15) is 0 Å². The number of allylic oxidation sites excluding steroid dienone is 1. The minimum absolute atomic E-state index is 0.183. The number of nitrogens with one attached hydrogen (secondary N) is 1. The number of hydrogen-bond acceptors (Lipinski definition) is 5. The van der Waals surface area contributed by atoms with E-state index >= 15 is 0 Å². The van der Waals surface area contributed by atoms with Gasteiger partial charge >= 0.3 is 0 Å². The second-order valence-corrected chi connectivity index (χ2v) is 6.45. The quantitative estimate of drug-likeness (QED) is 0.827. The Bertz CT molecular complexity index is 949. The smallest absolute Gasteiger partial charge is 0.261 e. The highest BCUT2D eigenvalue weighted by molar-refractivity contribution is 6.08. The number of anilines is 1. The van der Waals surface area contributed by atoms with Crippen LogP contribution in [0, 0.1) is 6.92 Å². The second-order valence-electron chi connectivity index (χ2n) is 6.45. The van der Waals surface area contributed by atoms with Crippen molar-refractivity contribution in [2.75, 3.05) is 12.1 Å². The van der Waals surface area contributed by atoms with E-state index in [1.165, 1.54) is 6.08 Å². The molecule has 2 N–H and O–H groups in total. The third kappa shape index (κ3) is 2.74. The number of ketones is 1. The molecule has 4 rings (SSSR count). The zero-order valence-corrected chi connectivity index (χ0v) is 14.1. The van der Waals surface area contributed by atoms with Gasteiger partial charge in [-0.3, -0.25) is 9.59 Å². The van der Waals surface area contributed by atoms with Gasteiger partial charge in [0.25, 0.3) is 5.91 Å². The van der Waals surface area contributed by atoms with E-state index in [9.17, 15) is 14.7 Å². The number of carbonyl (C=O) groups is 2. The van der Waals surface area contributed by atoms with Crippen LogP contribution in [0.2, 0.25) is 0 Å². The van der Waals surface area contributed by atoms with E-state index < -0.39 is 11.5 Å². The second kappa shape index (κ2) is 6.00. The number of fused-ring (bicyclic) bond motifs is 2. The summed E-state index contributed by atoms with van der Waals surface area (Å²) in [4.78, 5) is 24.6. The SMILES string of the molecule is Cc1ccc2c(c1)C(O)(CC(=O)/C=C/c1ccc3c(c1)OCO3)C(=O)N2. The summed E-state index contributed by atoms with van der Waals surface area (Å²) in [7, 11) is 0. The molecule has 1 unspecified atom stereocenters. The fourth-order valence-corrected chi connectivity index (χ4v) is 3.15. The molecule has 1 atom stereocenters. The molecule has 0 spiro atoms. The highest BCUT2D eigenvalue weighted by atomic mass is 16.7. The average Bonchev–Trinajstić information content (AvgIpc) is 3.17. The predicted molar refractivity (Wildman–Crippen MR) is 94.9 cm³/mol. The largest absolute Gasteiger partial charge is 0.454 e. The van der Waals surface area contributed by atoms with Crippen molar-refractivity contribution in [2.45, 2.75) is 18.9 Å². The van der Waals surface area contributed by atoms with Crippen molar-refractivity contribution >= 4 is 23.5 Å². The summed E-state index contributed by atoms with van der Waals surface area (Å²) in [5.41, 5.74) is 0.796. The van der Waals surface area contributed by atoms with E-state index in [-0.39, 0.29) is 19.0 Å². The molecule has 2 aliphatic rings. The Morgan fingerprint density at radius 3 is 2.88 bits per heavy atom. The molecule has 1 amide bonds. The number of rotatable bonds is 4. The van der Waals surface area contributed by atoms with Gasteiger partial charge in [-0.15, -0.1) is 0 Å². The van der Waals surface area contributed by atoms with E-state index in [1.54, 1.807) is 36.4 Å². The van der Waals surface area contributed by atoms with Gasteiger partial charge in [0.15, 0.2) is 22.9 Å². The zero-order valence-electron chi connectivity index (χ0n) is 14.1. The molecule has 2 aliphatic heterocycles. The van der Waals surface area contributed by atoms with Crippen LogP contribution in [0.5, 0.6) is 11.5 Å². The average molecular weight is 351 g/mol. The predicted octanol–water partition coefficient (Wildman–Crippen LogP) is 2.54. The molecule has 0 saturated heterocycles. The number of hydrogen-bond donors (Lipinski definition) is 2. The maximum absolute atomic E-state index is 12.4. The molecule has 0 saturated carbocycles. The van der Waals surface area contributed by atoms with Crippen LogP contribution in [-0.4, -0.2) is 23.6 Å². The summed E-state index contributed by atoms with van der Waals surface area (Å²) in [5, 5.41) is 13.5. The van der Waals surface area contributed by atoms with Crippen LogP contribution < -0.4 is 14.8 Å². The standard InChI is InChI=1S/C20H17NO5/c1-12-2-6-16-15(8-12)20(24,19(23)21-16)10-14(22)5-3-13-4-7-17-18(9-13)26-11-25-17/h2-9,24H,10-11H2,1H3,(H,21,23)/b5-3+. The van der Waals surface area contributed by atoms with Gasteiger partial charge in [0.1, 0.15) is 0 Å². The first kappa shape index (κ1) is 16.4. The van der Waals surface area contributed by atoms with E-state index in [1.807, 2.05) is 13.0 Å². The molecule has 6 nitrogen and oxygen atoms in total. The van der Waals surface area contributed by atoms with Crippen LogP contribution >= 0.6 is 0 Å². The maximum Gasteiger partial charge on any atom is 0.261 e. The Balaban J connectivity index is 1.53. The summed E-state index contributed by atoms with van der Waals surface area (Å²) in [6, 6.07) is 10.6. The summed E-state index contributed by atoms with van der Waals surface area (Å²) < 4.78 is 10.5. The summed E-state index contributed by atoms with van der Waals surface area (Å²) in [5.74, 6) is 0.354. The van der Waals surface area contributed by atoms with E-state index in [0.29, 0.717) is 22.7 Å². The van der Waals surface area contributed by atoms with Crippen LogP contribution in [0.25, 0.3) is 6.08 Å². The lowest BCUT2D eigenvalue weighted by molar-refractivity contribution is -0.138. The molecule has 0 fully saturated rings. The zero-order chi connectivity index (χ0) is 18.3. The van der Waals surface area contributed by atoms with Gasteiger partial charge in [-0.05, 0) is 36.8 Å². The van der Waals surface area contributed by atoms with Crippen LogP contribution in [-0.2, 0) is 15.2 Å².